The van der Waals surface area contributed by atoms with E-state index < -0.39 is 18.1 Å². The second-order valence-electron chi connectivity index (χ2n) is 4.78. The highest BCUT2D eigenvalue weighted by atomic mass is 16.5. The Bertz CT molecular complexity index is 629. The summed E-state index contributed by atoms with van der Waals surface area (Å²) in [5.41, 5.74) is 7.18. The van der Waals surface area contributed by atoms with Crippen LogP contribution in [0.2, 0.25) is 0 Å². The molecule has 0 aliphatic carbocycles. The lowest BCUT2D eigenvalue weighted by atomic mass is 9.99. The van der Waals surface area contributed by atoms with Crippen LogP contribution in [-0.4, -0.2) is 25.0 Å². The molecule has 2 atom stereocenters. The van der Waals surface area contributed by atoms with Crippen LogP contribution in [0.3, 0.4) is 0 Å². The summed E-state index contributed by atoms with van der Waals surface area (Å²) in [6.45, 7) is 0. The van der Waals surface area contributed by atoms with Gasteiger partial charge in [0.15, 0.2) is 0 Å². The molecule has 0 saturated heterocycles. The quantitative estimate of drug-likeness (QED) is 0.823. The van der Waals surface area contributed by atoms with Crippen LogP contribution in [0.15, 0.2) is 60.7 Å². The maximum absolute atomic E-state index is 12.3. The number of amides is 1. The zero-order chi connectivity index (χ0) is 15.9. The van der Waals surface area contributed by atoms with Gasteiger partial charge in [-0.05, 0) is 17.7 Å². The number of ether oxygens (including phenoxy) is 1. The number of carbonyl (C=O) groups is 2. The van der Waals surface area contributed by atoms with E-state index in [4.69, 9.17) is 5.73 Å². The molecule has 1 amide bonds. The highest BCUT2D eigenvalue weighted by molar-refractivity contribution is 5.95. The molecule has 0 saturated carbocycles. The van der Waals surface area contributed by atoms with E-state index in [0.717, 1.165) is 5.56 Å². The molecule has 2 aromatic rings. The van der Waals surface area contributed by atoms with Crippen molar-refractivity contribution in [2.24, 2.45) is 5.73 Å². The van der Waals surface area contributed by atoms with Crippen molar-refractivity contribution < 1.29 is 14.3 Å². The topological polar surface area (TPSA) is 81.4 Å². The first kappa shape index (κ1) is 15.7. The highest BCUT2D eigenvalue weighted by Crippen LogP contribution is 2.17. The van der Waals surface area contributed by atoms with E-state index in [-0.39, 0.29) is 5.91 Å². The minimum atomic E-state index is -0.986. The molecule has 0 bridgehead atoms. The fourth-order valence-corrected chi connectivity index (χ4v) is 2.13. The predicted molar refractivity (Wildman–Crippen MR) is 83.1 cm³/mol. The van der Waals surface area contributed by atoms with Gasteiger partial charge in [-0.15, -0.1) is 0 Å². The molecule has 0 aromatic heterocycles. The molecule has 5 heteroatoms. The normalized spacial score (nSPS) is 13.0. The van der Waals surface area contributed by atoms with E-state index in [1.165, 1.54) is 7.11 Å². The number of benzene rings is 2. The predicted octanol–water partition coefficient (Wildman–Crippen LogP) is 1.66. The average molecular weight is 298 g/mol. The number of nitrogens with two attached hydrogens (primary N) is 1. The van der Waals surface area contributed by atoms with Gasteiger partial charge in [-0.2, -0.15) is 0 Å². The molecule has 0 unspecified atom stereocenters. The maximum Gasteiger partial charge on any atom is 0.325 e. The van der Waals surface area contributed by atoms with Crippen LogP contribution in [0.25, 0.3) is 0 Å². The van der Waals surface area contributed by atoms with Crippen molar-refractivity contribution in [3.05, 3.63) is 71.8 Å². The zero-order valence-electron chi connectivity index (χ0n) is 12.2. The van der Waals surface area contributed by atoms with Gasteiger partial charge in [-0.1, -0.05) is 48.5 Å². The molecule has 5 nitrogen and oxygen atoms in total. The summed E-state index contributed by atoms with van der Waals surface area (Å²) in [5.74, 6) is -0.879. The van der Waals surface area contributed by atoms with Crippen molar-refractivity contribution in [2.75, 3.05) is 7.11 Å². The van der Waals surface area contributed by atoms with Crippen LogP contribution in [0.4, 0.5) is 0 Å². The highest BCUT2D eigenvalue weighted by Gasteiger charge is 2.28. The van der Waals surface area contributed by atoms with Gasteiger partial charge < -0.3 is 15.8 Å². The third kappa shape index (κ3) is 3.71. The molecule has 0 aliphatic rings. The Kier molecular flexibility index (Phi) is 5.27. The SMILES string of the molecule is COC(=O)[C@H](N)[C@H](NC(=O)c1ccccc1)c1ccccc1. The summed E-state index contributed by atoms with van der Waals surface area (Å²) < 4.78 is 4.69. The fraction of sp³-hybridized carbons (Fsp3) is 0.176. The van der Waals surface area contributed by atoms with E-state index in [1.807, 2.05) is 24.3 Å². The first-order chi connectivity index (χ1) is 10.6. The maximum atomic E-state index is 12.3. The van der Waals surface area contributed by atoms with Gasteiger partial charge >= 0.3 is 5.97 Å². The Hall–Kier alpha value is -2.66. The van der Waals surface area contributed by atoms with Crippen LogP contribution < -0.4 is 11.1 Å². The van der Waals surface area contributed by atoms with Crippen molar-refractivity contribution in [1.82, 2.24) is 5.32 Å². The van der Waals surface area contributed by atoms with Gasteiger partial charge in [0.2, 0.25) is 0 Å². The first-order valence-corrected chi connectivity index (χ1v) is 6.87. The van der Waals surface area contributed by atoms with Crippen LogP contribution in [0, 0.1) is 0 Å². The Morgan fingerprint density at radius 2 is 1.55 bits per heavy atom. The third-order valence-corrected chi connectivity index (χ3v) is 3.31. The van der Waals surface area contributed by atoms with Crippen LogP contribution in [-0.2, 0) is 9.53 Å². The lowest BCUT2D eigenvalue weighted by Crippen LogP contribution is -2.46. The van der Waals surface area contributed by atoms with E-state index in [1.54, 1.807) is 36.4 Å². The molecule has 22 heavy (non-hydrogen) atoms. The van der Waals surface area contributed by atoms with Crippen LogP contribution in [0.1, 0.15) is 22.0 Å². The molecule has 0 spiro atoms. The summed E-state index contributed by atoms with van der Waals surface area (Å²) in [4.78, 5) is 24.1. The molecule has 0 radical (unpaired) electrons. The monoisotopic (exact) mass is 298 g/mol. The van der Waals surface area contributed by atoms with Gasteiger partial charge in [0, 0.05) is 5.56 Å². The lowest BCUT2D eigenvalue weighted by molar-refractivity contribution is -0.142. The van der Waals surface area contributed by atoms with Gasteiger partial charge in [0.05, 0.1) is 13.2 Å². The molecular weight excluding hydrogens is 280 g/mol. The van der Waals surface area contributed by atoms with E-state index >= 15 is 0 Å². The Labute approximate surface area is 129 Å². The van der Waals surface area contributed by atoms with Gasteiger partial charge in [0.25, 0.3) is 5.91 Å². The number of rotatable bonds is 5. The molecule has 3 N–H and O–H groups in total. The smallest absolute Gasteiger partial charge is 0.325 e. The van der Waals surface area contributed by atoms with Crippen molar-refractivity contribution in [2.45, 2.75) is 12.1 Å². The summed E-state index contributed by atoms with van der Waals surface area (Å²) >= 11 is 0. The molecular formula is C17H18N2O3. The van der Waals surface area contributed by atoms with Crippen LogP contribution in [0.5, 0.6) is 0 Å². The standard InChI is InChI=1S/C17H18N2O3/c1-22-17(21)14(18)15(12-8-4-2-5-9-12)19-16(20)13-10-6-3-7-11-13/h2-11,14-15H,18H2,1H3,(H,19,20)/t14-,15-/m1/s1. The molecule has 0 heterocycles. The molecule has 2 aromatic carbocycles. The number of hydrogen-bond donors (Lipinski definition) is 2. The molecule has 114 valence electrons. The van der Waals surface area contributed by atoms with Gasteiger partial charge in [-0.3, -0.25) is 9.59 Å². The summed E-state index contributed by atoms with van der Waals surface area (Å²) in [5, 5.41) is 2.80. The third-order valence-electron chi connectivity index (χ3n) is 3.31. The second-order valence-corrected chi connectivity index (χ2v) is 4.78. The first-order valence-electron chi connectivity index (χ1n) is 6.87. The van der Waals surface area contributed by atoms with Crippen molar-refractivity contribution in [3.63, 3.8) is 0 Å². The molecule has 2 rings (SSSR count). The fourth-order valence-electron chi connectivity index (χ4n) is 2.13. The van der Waals surface area contributed by atoms with E-state index in [2.05, 4.69) is 10.1 Å². The van der Waals surface area contributed by atoms with E-state index in [9.17, 15) is 9.59 Å². The summed E-state index contributed by atoms with van der Waals surface area (Å²) in [6.07, 6.45) is 0. The average Bonchev–Trinajstić information content (AvgIpc) is 2.59. The summed E-state index contributed by atoms with van der Waals surface area (Å²) in [6, 6.07) is 16.2. The van der Waals surface area contributed by atoms with Gasteiger partial charge in [0.1, 0.15) is 6.04 Å². The van der Waals surface area contributed by atoms with Crippen molar-refractivity contribution in [3.8, 4) is 0 Å². The van der Waals surface area contributed by atoms with Crippen LogP contribution >= 0.6 is 0 Å². The van der Waals surface area contributed by atoms with Crippen molar-refractivity contribution in [1.29, 1.82) is 0 Å². The summed E-state index contributed by atoms with van der Waals surface area (Å²) in [7, 11) is 1.27. The Morgan fingerprint density at radius 3 is 2.09 bits per heavy atom. The number of methoxy groups -OCH3 is 1. The van der Waals surface area contributed by atoms with E-state index in [0.29, 0.717) is 5.56 Å². The number of carbonyl (C=O) groups excluding carboxylic acids is 2. The van der Waals surface area contributed by atoms with Gasteiger partial charge in [-0.25, -0.2) is 0 Å². The largest absolute Gasteiger partial charge is 0.468 e. The van der Waals surface area contributed by atoms with Crippen molar-refractivity contribution >= 4 is 11.9 Å². The minimum Gasteiger partial charge on any atom is -0.468 e. The number of esters is 1. The minimum absolute atomic E-state index is 0.297. The Morgan fingerprint density at radius 1 is 1.00 bits per heavy atom. The molecule has 0 fully saturated rings. The lowest BCUT2D eigenvalue weighted by Gasteiger charge is -2.23. The molecule has 0 aliphatic heterocycles. The number of hydrogen-bond acceptors (Lipinski definition) is 4. The Balaban J connectivity index is 2.25. The number of nitrogens with one attached hydrogen (secondary N) is 1. The second kappa shape index (κ2) is 7.38. The zero-order valence-corrected chi connectivity index (χ0v) is 12.2.